The number of carbonyl (C=O) groups excluding carboxylic acids is 1. The quantitative estimate of drug-likeness (QED) is 0.945. The van der Waals surface area contributed by atoms with Gasteiger partial charge >= 0.3 is 0 Å². The molecule has 114 valence electrons. The predicted molar refractivity (Wildman–Crippen MR) is 86.6 cm³/mol. The van der Waals surface area contributed by atoms with Gasteiger partial charge in [0.15, 0.2) is 0 Å². The summed E-state index contributed by atoms with van der Waals surface area (Å²) in [7, 11) is 2.09. The van der Waals surface area contributed by atoms with E-state index in [9.17, 15) is 4.79 Å². The van der Waals surface area contributed by atoms with E-state index in [1.807, 2.05) is 18.3 Å². The molecule has 1 aromatic carbocycles. The zero-order valence-corrected chi connectivity index (χ0v) is 13.1. The normalized spacial score (nSPS) is 14.5. The van der Waals surface area contributed by atoms with Crippen molar-refractivity contribution in [3.8, 4) is 0 Å². The number of carbonyl (C=O) groups is 1. The number of aromatic nitrogens is 1. The maximum absolute atomic E-state index is 12.5. The summed E-state index contributed by atoms with van der Waals surface area (Å²) in [6, 6.07) is 8.21. The minimum absolute atomic E-state index is 0.0329. The number of pyridine rings is 1. The Morgan fingerprint density at radius 2 is 2.05 bits per heavy atom. The molecule has 22 heavy (non-hydrogen) atoms. The van der Waals surface area contributed by atoms with Crippen LogP contribution in [0.15, 0.2) is 36.7 Å². The summed E-state index contributed by atoms with van der Waals surface area (Å²) in [6.07, 6.45) is 4.47. The summed E-state index contributed by atoms with van der Waals surface area (Å²) in [5.74, 6) is -0.0329. The Labute approximate surface area is 131 Å². The molecule has 0 saturated carbocycles. The van der Waals surface area contributed by atoms with Crippen LogP contribution in [0.3, 0.4) is 0 Å². The molecule has 0 aliphatic carbocycles. The van der Waals surface area contributed by atoms with Gasteiger partial charge in [-0.25, -0.2) is 0 Å². The van der Waals surface area contributed by atoms with Crippen LogP contribution in [0.4, 0.5) is 0 Å². The molecule has 1 N–H and O–H groups in total. The Morgan fingerprint density at radius 1 is 1.27 bits per heavy atom. The van der Waals surface area contributed by atoms with Crippen molar-refractivity contribution in [2.24, 2.45) is 0 Å². The molecule has 0 saturated heterocycles. The summed E-state index contributed by atoms with van der Waals surface area (Å²) < 4.78 is 0. The van der Waals surface area contributed by atoms with E-state index in [-0.39, 0.29) is 5.91 Å². The number of hydrogen-bond donors (Lipinski definition) is 1. The molecular formula is C18H21N3O. The second-order valence-corrected chi connectivity index (χ2v) is 5.98. The largest absolute Gasteiger partial charge is 0.348 e. The molecule has 4 nitrogen and oxygen atoms in total. The zero-order valence-electron chi connectivity index (χ0n) is 13.1. The number of fused-ring (bicyclic) bond motifs is 1. The molecule has 0 atom stereocenters. The van der Waals surface area contributed by atoms with E-state index in [1.165, 1.54) is 5.56 Å². The highest BCUT2D eigenvalue weighted by atomic mass is 16.1. The van der Waals surface area contributed by atoms with Crippen LogP contribution in [0.25, 0.3) is 0 Å². The van der Waals surface area contributed by atoms with Crippen molar-refractivity contribution >= 4 is 5.91 Å². The minimum atomic E-state index is -0.0329. The van der Waals surface area contributed by atoms with E-state index >= 15 is 0 Å². The van der Waals surface area contributed by atoms with Crippen LogP contribution in [0.2, 0.25) is 0 Å². The summed E-state index contributed by atoms with van der Waals surface area (Å²) in [6.45, 7) is 4.45. The number of nitrogens with one attached hydrogen (secondary N) is 1. The van der Waals surface area contributed by atoms with Crippen molar-refractivity contribution in [2.75, 3.05) is 13.6 Å². The molecule has 0 spiro atoms. The maximum Gasteiger partial charge on any atom is 0.253 e. The molecule has 0 fully saturated rings. The number of aryl methyl sites for hydroxylation is 1. The molecular weight excluding hydrogens is 274 g/mol. The lowest BCUT2D eigenvalue weighted by Crippen LogP contribution is -2.30. The Kier molecular flexibility index (Phi) is 4.20. The monoisotopic (exact) mass is 295 g/mol. The van der Waals surface area contributed by atoms with Gasteiger partial charge in [0.25, 0.3) is 5.91 Å². The Hall–Kier alpha value is -2.20. The van der Waals surface area contributed by atoms with Crippen LogP contribution >= 0.6 is 0 Å². The van der Waals surface area contributed by atoms with E-state index < -0.39 is 0 Å². The first-order valence-corrected chi connectivity index (χ1v) is 7.61. The third-order valence-corrected chi connectivity index (χ3v) is 4.15. The van der Waals surface area contributed by atoms with Gasteiger partial charge in [0.2, 0.25) is 0 Å². The first-order valence-electron chi connectivity index (χ1n) is 7.61. The Morgan fingerprint density at radius 3 is 2.82 bits per heavy atom. The smallest absolute Gasteiger partial charge is 0.253 e. The molecule has 0 unspecified atom stereocenters. The second kappa shape index (κ2) is 6.28. The minimum Gasteiger partial charge on any atom is -0.348 e. The van der Waals surface area contributed by atoms with Crippen LogP contribution in [0.5, 0.6) is 0 Å². The number of benzene rings is 1. The van der Waals surface area contributed by atoms with Crippen molar-refractivity contribution in [3.05, 3.63) is 64.5 Å². The number of rotatable bonds is 3. The average Bonchev–Trinajstić information content (AvgIpc) is 2.53. The van der Waals surface area contributed by atoms with Gasteiger partial charge in [-0.1, -0.05) is 29.8 Å². The van der Waals surface area contributed by atoms with Gasteiger partial charge in [-0.3, -0.25) is 9.78 Å². The third kappa shape index (κ3) is 3.17. The molecule has 1 aliphatic rings. The fraction of sp³-hybridized carbons (Fsp3) is 0.333. The number of hydrogen-bond acceptors (Lipinski definition) is 3. The highest BCUT2D eigenvalue weighted by Crippen LogP contribution is 2.20. The van der Waals surface area contributed by atoms with Crippen molar-refractivity contribution in [3.63, 3.8) is 0 Å². The van der Waals surface area contributed by atoms with Crippen LogP contribution in [-0.4, -0.2) is 29.4 Å². The molecule has 3 rings (SSSR count). The highest BCUT2D eigenvalue weighted by molar-refractivity contribution is 5.95. The average molecular weight is 295 g/mol. The van der Waals surface area contributed by atoms with Gasteiger partial charge in [0, 0.05) is 32.0 Å². The van der Waals surface area contributed by atoms with Crippen LogP contribution < -0.4 is 5.32 Å². The summed E-state index contributed by atoms with van der Waals surface area (Å²) in [4.78, 5) is 19.0. The maximum atomic E-state index is 12.5. The lowest BCUT2D eigenvalue weighted by molar-refractivity contribution is 0.0948. The fourth-order valence-corrected chi connectivity index (χ4v) is 2.81. The zero-order chi connectivity index (χ0) is 15.5. The Bertz CT molecular complexity index is 679. The first-order chi connectivity index (χ1) is 10.6. The van der Waals surface area contributed by atoms with Crippen LogP contribution in [-0.2, 0) is 19.5 Å². The van der Waals surface area contributed by atoms with Gasteiger partial charge in [-0.05, 0) is 37.1 Å². The van der Waals surface area contributed by atoms with Gasteiger partial charge < -0.3 is 10.2 Å². The van der Waals surface area contributed by atoms with Crippen molar-refractivity contribution in [1.29, 1.82) is 0 Å². The Balaban J connectivity index is 1.73. The van der Waals surface area contributed by atoms with Gasteiger partial charge in [0.1, 0.15) is 0 Å². The van der Waals surface area contributed by atoms with Crippen molar-refractivity contribution < 1.29 is 4.79 Å². The standard InChI is InChI=1S/C18H21N3O/c1-13-3-5-14(6-4-13)9-20-18(22)17-11-19-10-15-12-21(2)8-7-16(15)17/h3-6,10-11H,7-9,12H2,1-2H3,(H,20,22). The summed E-state index contributed by atoms with van der Waals surface area (Å²) >= 11 is 0. The fourth-order valence-electron chi connectivity index (χ4n) is 2.81. The third-order valence-electron chi connectivity index (χ3n) is 4.15. The molecule has 4 heteroatoms. The van der Waals surface area contributed by atoms with E-state index in [0.29, 0.717) is 6.54 Å². The van der Waals surface area contributed by atoms with Crippen LogP contribution in [0, 0.1) is 6.92 Å². The van der Waals surface area contributed by atoms with E-state index in [4.69, 9.17) is 0 Å². The topological polar surface area (TPSA) is 45.2 Å². The molecule has 1 aliphatic heterocycles. The molecule has 0 radical (unpaired) electrons. The van der Waals surface area contributed by atoms with E-state index in [0.717, 1.165) is 41.8 Å². The van der Waals surface area contributed by atoms with Crippen molar-refractivity contribution in [2.45, 2.75) is 26.4 Å². The number of likely N-dealkylation sites (N-methyl/N-ethyl adjacent to an activating group) is 1. The van der Waals surface area contributed by atoms with E-state index in [2.05, 4.69) is 41.3 Å². The van der Waals surface area contributed by atoms with Gasteiger partial charge in [0.05, 0.1) is 5.56 Å². The predicted octanol–water partition coefficient (Wildman–Crippen LogP) is 2.31. The highest BCUT2D eigenvalue weighted by Gasteiger charge is 2.20. The molecule has 2 heterocycles. The second-order valence-electron chi connectivity index (χ2n) is 5.98. The number of amides is 1. The molecule has 1 amide bonds. The SMILES string of the molecule is Cc1ccc(CNC(=O)c2cncc3c2CCN(C)C3)cc1. The molecule has 0 bridgehead atoms. The lowest BCUT2D eigenvalue weighted by Gasteiger charge is -2.26. The summed E-state index contributed by atoms with van der Waals surface area (Å²) in [5.41, 5.74) is 5.36. The van der Waals surface area contributed by atoms with Crippen LogP contribution in [0.1, 0.15) is 32.6 Å². The van der Waals surface area contributed by atoms with Gasteiger partial charge in [-0.2, -0.15) is 0 Å². The van der Waals surface area contributed by atoms with E-state index in [1.54, 1.807) is 6.20 Å². The molecule has 2 aromatic rings. The first kappa shape index (κ1) is 14.7. The summed E-state index contributed by atoms with van der Waals surface area (Å²) in [5, 5.41) is 3.00. The number of nitrogens with zero attached hydrogens (tertiary/aromatic N) is 2. The lowest BCUT2D eigenvalue weighted by atomic mass is 9.97. The molecule has 1 aromatic heterocycles. The van der Waals surface area contributed by atoms with Gasteiger partial charge in [-0.15, -0.1) is 0 Å². The van der Waals surface area contributed by atoms with Crippen molar-refractivity contribution in [1.82, 2.24) is 15.2 Å².